The highest BCUT2D eigenvalue weighted by molar-refractivity contribution is 6.34. The van der Waals surface area contributed by atoms with Gasteiger partial charge in [0.2, 0.25) is 0 Å². The van der Waals surface area contributed by atoms with Gasteiger partial charge >= 0.3 is 0 Å². The Balaban J connectivity index is 2.75. The monoisotopic (exact) mass is 351 g/mol. The predicted octanol–water partition coefficient (Wildman–Crippen LogP) is 5.02. The number of nitrogens with zero attached hydrogens (tertiary/aromatic N) is 2. The lowest BCUT2D eigenvalue weighted by molar-refractivity contribution is 0.0940. The standard InChI is InChI=1S/C19H30ClN3O/c1-13(2)9-8-10-14(3)11-12-21-18(24)17-16(20)15(4)22-23(17)19(5,6)7/h9,11H,8,10,12H2,1-7H3,(H,21,24)/b14-11+. The van der Waals surface area contributed by atoms with Crippen molar-refractivity contribution < 1.29 is 4.79 Å². The van der Waals surface area contributed by atoms with Crippen molar-refractivity contribution in [2.75, 3.05) is 6.54 Å². The molecular weight excluding hydrogens is 322 g/mol. The van der Waals surface area contributed by atoms with E-state index in [1.54, 1.807) is 4.68 Å². The molecule has 1 aromatic rings. The molecule has 0 bridgehead atoms. The first-order valence-electron chi connectivity index (χ1n) is 8.36. The van der Waals surface area contributed by atoms with Crippen LogP contribution in [0.4, 0.5) is 0 Å². The number of aryl methyl sites for hydroxylation is 1. The predicted molar refractivity (Wildman–Crippen MR) is 102 cm³/mol. The summed E-state index contributed by atoms with van der Waals surface area (Å²) >= 11 is 6.29. The lowest BCUT2D eigenvalue weighted by Gasteiger charge is -2.22. The topological polar surface area (TPSA) is 46.9 Å². The summed E-state index contributed by atoms with van der Waals surface area (Å²) in [5.74, 6) is -0.191. The molecule has 0 aliphatic rings. The van der Waals surface area contributed by atoms with Crippen LogP contribution in [-0.2, 0) is 5.54 Å². The van der Waals surface area contributed by atoms with E-state index in [0.717, 1.165) is 12.8 Å². The van der Waals surface area contributed by atoms with Crippen molar-refractivity contribution in [2.45, 2.75) is 66.8 Å². The minimum atomic E-state index is -0.305. The van der Waals surface area contributed by atoms with Gasteiger partial charge in [-0.2, -0.15) is 5.10 Å². The number of amides is 1. The third-order valence-corrected chi connectivity index (χ3v) is 4.09. The summed E-state index contributed by atoms with van der Waals surface area (Å²) in [5, 5.41) is 7.75. The number of halogens is 1. The molecule has 1 aromatic heterocycles. The first-order chi connectivity index (χ1) is 11.0. The Morgan fingerprint density at radius 3 is 2.42 bits per heavy atom. The average Bonchev–Trinajstić information content (AvgIpc) is 2.74. The Morgan fingerprint density at radius 1 is 1.25 bits per heavy atom. The lowest BCUT2D eigenvalue weighted by atomic mass is 10.1. The molecule has 0 aromatic carbocycles. The highest BCUT2D eigenvalue weighted by Crippen LogP contribution is 2.25. The molecule has 0 aliphatic carbocycles. The largest absolute Gasteiger partial charge is 0.347 e. The molecule has 0 radical (unpaired) electrons. The number of aromatic nitrogens is 2. The first kappa shape index (κ1) is 20.5. The summed E-state index contributed by atoms with van der Waals surface area (Å²) in [6, 6.07) is 0. The lowest BCUT2D eigenvalue weighted by Crippen LogP contribution is -2.32. The van der Waals surface area contributed by atoms with Gasteiger partial charge in [-0.3, -0.25) is 9.48 Å². The summed E-state index contributed by atoms with van der Waals surface area (Å²) in [7, 11) is 0. The average molecular weight is 352 g/mol. The summed E-state index contributed by atoms with van der Waals surface area (Å²) in [6.45, 7) is 14.6. The highest BCUT2D eigenvalue weighted by Gasteiger charge is 2.26. The van der Waals surface area contributed by atoms with Crippen LogP contribution in [0.2, 0.25) is 5.02 Å². The van der Waals surface area contributed by atoms with Crippen LogP contribution in [0.25, 0.3) is 0 Å². The van der Waals surface area contributed by atoms with Gasteiger partial charge in [-0.05, 0) is 61.3 Å². The molecule has 0 aliphatic heterocycles. The Bertz CT molecular complexity index is 644. The number of allylic oxidation sites excluding steroid dienone is 3. The van der Waals surface area contributed by atoms with E-state index in [4.69, 9.17) is 11.6 Å². The van der Waals surface area contributed by atoms with E-state index in [2.05, 4.69) is 43.3 Å². The van der Waals surface area contributed by atoms with Crippen LogP contribution in [0.5, 0.6) is 0 Å². The second kappa shape index (κ2) is 8.52. The van der Waals surface area contributed by atoms with Gasteiger partial charge in [0.1, 0.15) is 5.69 Å². The van der Waals surface area contributed by atoms with E-state index in [1.807, 2.05) is 27.7 Å². The van der Waals surface area contributed by atoms with Crippen LogP contribution >= 0.6 is 11.6 Å². The summed E-state index contributed by atoms with van der Waals surface area (Å²) in [4.78, 5) is 12.5. The van der Waals surface area contributed by atoms with Crippen molar-refractivity contribution in [1.29, 1.82) is 0 Å². The third-order valence-electron chi connectivity index (χ3n) is 3.64. The zero-order valence-corrected chi connectivity index (χ0v) is 16.7. The van der Waals surface area contributed by atoms with E-state index in [0.29, 0.717) is 23.0 Å². The van der Waals surface area contributed by atoms with Gasteiger partial charge in [-0.1, -0.05) is 34.9 Å². The second-order valence-corrected chi connectivity index (χ2v) is 7.79. The summed E-state index contributed by atoms with van der Waals surface area (Å²) < 4.78 is 1.70. The first-order valence-corrected chi connectivity index (χ1v) is 8.74. The maximum Gasteiger partial charge on any atom is 0.271 e. The minimum Gasteiger partial charge on any atom is -0.347 e. The van der Waals surface area contributed by atoms with Crippen molar-refractivity contribution in [2.24, 2.45) is 0 Å². The van der Waals surface area contributed by atoms with Gasteiger partial charge in [0, 0.05) is 6.54 Å². The van der Waals surface area contributed by atoms with Crippen molar-refractivity contribution in [3.63, 3.8) is 0 Å². The Morgan fingerprint density at radius 2 is 1.88 bits per heavy atom. The number of rotatable bonds is 6. The second-order valence-electron chi connectivity index (χ2n) is 7.41. The maximum absolute atomic E-state index is 12.5. The Labute approximate surface area is 151 Å². The van der Waals surface area contributed by atoms with Gasteiger partial charge in [0.25, 0.3) is 5.91 Å². The minimum absolute atomic E-state index is 0.191. The normalized spacial score (nSPS) is 12.2. The van der Waals surface area contributed by atoms with Gasteiger partial charge < -0.3 is 5.32 Å². The van der Waals surface area contributed by atoms with Gasteiger partial charge in [0.15, 0.2) is 0 Å². The molecule has 0 spiro atoms. The molecule has 1 N–H and O–H groups in total. The van der Waals surface area contributed by atoms with Crippen molar-refractivity contribution in [1.82, 2.24) is 15.1 Å². The molecule has 4 nitrogen and oxygen atoms in total. The van der Waals surface area contributed by atoms with Crippen LogP contribution in [0.1, 0.15) is 70.6 Å². The zero-order chi connectivity index (χ0) is 18.5. The fraction of sp³-hybridized carbons (Fsp3) is 0.579. The molecule has 1 rings (SSSR count). The maximum atomic E-state index is 12.5. The number of carbonyl (C=O) groups excluding carboxylic acids is 1. The van der Waals surface area contributed by atoms with Crippen LogP contribution in [0, 0.1) is 6.92 Å². The molecule has 0 saturated carbocycles. The molecule has 0 saturated heterocycles. The molecule has 0 unspecified atom stereocenters. The van der Waals surface area contributed by atoms with E-state index in [1.165, 1.54) is 11.1 Å². The van der Waals surface area contributed by atoms with Crippen LogP contribution < -0.4 is 5.32 Å². The summed E-state index contributed by atoms with van der Waals surface area (Å²) in [6.07, 6.45) is 6.30. The Kier molecular flexibility index (Phi) is 7.27. The quantitative estimate of drug-likeness (QED) is 0.731. The SMILES string of the molecule is CC(C)=CCC/C(C)=C/CNC(=O)c1c(Cl)c(C)nn1C(C)(C)C. The van der Waals surface area contributed by atoms with E-state index in [-0.39, 0.29) is 11.4 Å². The van der Waals surface area contributed by atoms with E-state index < -0.39 is 0 Å². The fourth-order valence-electron chi connectivity index (χ4n) is 2.28. The summed E-state index contributed by atoms with van der Waals surface area (Å²) in [5.41, 5.74) is 3.39. The number of hydrogen-bond donors (Lipinski definition) is 1. The van der Waals surface area contributed by atoms with Gasteiger partial charge in [0.05, 0.1) is 16.3 Å². The van der Waals surface area contributed by atoms with E-state index >= 15 is 0 Å². The fourth-order valence-corrected chi connectivity index (χ4v) is 2.49. The molecule has 1 amide bonds. The van der Waals surface area contributed by atoms with Crippen LogP contribution in [-0.4, -0.2) is 22.2 Å². The number of carbonyl (C=O) groups is 1. The molecule has 0 atom stereocenters. The van der Waals surface area contributed by atoms with Crippen molar-refractivity contribution in [3.8, 4) is 0 Å². The molecule has 1 heterocycles. The van der Waals surface area contributed by atoms with Crippen molar-refractivity contribution >= 4 is 17.5 Å². The third kappa shape index (κ3) is 5.82. The van der Waals surface area contributed by atoms with Crippen molar-refractivity contribution in [3.05, 3.63) is 39.7 Å². The molecule has 0 fully saturated rings. The van der Waals surface area contributed by atoms with Crippen LogP contribution in [0.15, 0.2) is 23.3 Å². The van der Waals surface area contributed by atoms with Gasteiger partial charge in [-0.25, -0.2) is 0 Å². The molecule has 134 valence electrons. The van der Waals surface area contributed by atoms with Gasteiger partial charge in [-0.15, -0.1) is 0 Å². The highest BCUT2D eigenvalue weighted by atomic mass is 35.5. The Hall–Kier alpha value is -1.55. The zero-order valence-electron chi connectivity index (χ0n) is 16.0. The molecule has 24 heavy (non-hydrogen) atoms. The van der Waals surface area contributed by atoms with Crippen LogP contribution in [0.3, 0.4) is 0 Å². The smallest absolute Gasteiger partial charge is 0.271 e. The molecule has 5 heteroatoms. The number of nitrogens with one attached hydrogen (secondary N) is 1. The molecular formula is C19H30ClN3O. The number of hydrogen-bond acceptors (Lipinski definition) is 2. The van der Waals surface area contributed by atoms with E-state index in [9.17, 15) is 4.79 Å².